The van der Waals surface area contributed by atoms with Gasteiger partial charge in [-0.15, -0.1) is 0 Å². The van der Waals surface area contributed by atoms with Crippen LogP contribution in [0.5, 0.6) is 0 Å². The van der Waals surface area contributed by atoms with E-state index in [0.29, 0.717) is 22.0 Å². The van der Waals surface area contributed by atoms with Gasteiger partial charge in [0, 0.05) is 23.0 Å². The van der Waals surface area contributed by atoms with Crippen LogP contribution in [-0.2, 0) is 0 Å². The van der Waals surface area contributed by atoms with Gasteiger partial charge in [0.2, 0.25) is 0 Å². The highest BCUT2D eigenvalue weighted by Crippen LogP contribution is 2.10. The van der Waals surface area contributed by atoms with Crippen molar-refractivity contribution in [1.82, 2.24) is 5.32 Å². The van der Waals surface area contributed by atoms with Crippen molar-refractivity contribution in [2.45, 2.75) is 19.4 Å². The van der Waals surface area contributed by atoms with Crippen LogP contribution in [0.15, 0.2) is 24.3 Å². The summed E-state index contributed by atoms with van der Waals surface area (Å²) in [4.78, 5) is 12.1. The summed E-state index contributed by atoms with van der Waals surface area (Å²) >= 11 is 10.6. The van der Waals surface area contributed by atoms with E-state index in [0.717, 1.165) is 0 Å². The maximum Gasteiger partial charge on any atom is 0.251 e. The Morgan fingerprint density at radius 2 is 2.31 bits per heavy atom. The first kappa shape index (κ1) is 12.9. The summed E-state index contributed by atoms with van der Waals surface area (Å²) in [5.74, 6) is -0.175. The number of amides is 1. The van der Waals surface area contributed by atoms with Crippen molar-refractivity contribution in [2.75, 3.05) is 0 Å². The van der Waals surface area contributed by atoms with Gasteiger partial charge in [0.25, 0.3) is 5.91 Å². The molecule has 0 saturated carbocycles. The molecular weight excluding hydrogens is 244 g/mol. The molecule has 1 amide bonds. The second-order valence-corrected chi connectivity index (χ2v) is 4.52. The first-order chi connectivity index (χ1) is 7.49. The van der Waals surface area contributed by atoms with Crippen LogP contribution in [0.1, 0.15) is 23.7 Å². The highest BCUT2D eigenvalue weighted by atomic mass is 35.5. The predicted octanol–water partition coefficient (Wildman–Crippen LogP) is 2.13. The third kappa shape index (κ3) is 4.16. The van der Waals surface area contributed by atoms with Gasteiger partial charge < -0.3 is 11.1 Å². The van der Waals surface area contributed by atoms with Crippen LogP contribution >= 0.6 is 23.8 Å². The van der Waals surface area contributed by atoms with Gasteiger partial charge in [-0.3, -0.25) is 4.79 Å². The zero-order valence-corrected chi connectivity index (χ0v) is 10.4. The van der Waals surface area contributed by atoms with Gasteiger partial charge in [0.1, 0.15) is 0 Å². The molecular formula is C11H13ClN2OS. The molecule has 0 radical (unpaired) electrons. The topological polar surface area (TPSA) is 55.1 Å². The van der Waals surface area contributed by atoms with Gasteiger partial charge in [-0.05, 0) is 25.1 Å². The molecule has 0 aliphatic carbocycles. The van der Waals surface area contributed by atoms with E-state index in [2.05, 4.69) is 5.32 Å². The minimum atomic E-state index is -0.175. The lowest BCUT2D eigenvalue weighted by atomic mass is 10.2. The number of benzene rings is 1. The third-order valence-corrected chi connectivity index (χ3v) is 2.37. The fraction of sp³-hybridized carbons (Fsp3) is 0.273. The Labute approximate surface area is 105 Å². The van der Waals surface area contributed by atoms with E-state index >= 15 is 0 Å². The van der Waals surface area contributed by atoms with Crippen molar-refractivity contribution in [1.29, 1.82) is 0 Å². The second kappa shape index (κ2) is 5.82. The molecule has 1 aromatic carbocycles. The Hall–Kier alpha value is -1.13. The van der Waals surface area contributed by atoms with Crippen LogP contribution in [0.25, 0.3) is 0 Å². The summed E-state index contributed by atoms with van der Waals surface area (Å²) in [6, 6.07) is 6.69. The first-order valence-corrected chi connectivity index (χ1v) is 5.62. The Morgan fingerprint density at radius 3 is 2.88 bits per heavy atom. The number of nitrogens with two attached hydrogens (primary N) is 1. The average molecular weight is 257 g/mol. The summed E-state index contributed by atoms with van der Waals surface area (Å²) in [5, 5.41) is 3.33. The lowest BCUT2D eigenvalue weighted by Crippen LogP contribution is -2.35. The molecule has 0 heterocycles. The van der Waals surface area contributed by atoms with E-state index in [-0.39, 0.29) is 11.9 Å². The van der Waals surface area contributed by atoms with Gasteiger partial charge in [-0.25, -0.2) is 0 Å². The SMILES string of the molecule is CC(CC(N)=S)NC(=O)c1cccc(Cl)c1. The van der Waals surface area contributed by atoms with Gasteiger partial charge >= 0.3 is 0 Å². The molecule has 0 fully saturated rings. The van der Waals surface area contributed by atoms with Crippen LogP contribution in [0, 0.1) is 0 Å². The number of hydrogen-bond donors (Lipinski definition) is 2. The monoisotopic (exact) mass is 256 g/mol. The molecule has 0 saturated heterocycles. The molecule has 1 rings (SSSR count). The second-order valence-electron chi connectivity index (χ2n) is 3.56. The molecule has 0 spiro atoms. The minimum Gasteiger partial charge on any atom is -0.393 e. The fourth-order valence-electron chi connectivity index (χ4n) is 1.29. The standard InChI is InChI=1S/C11H13ClN2OS/c1-7(5-10(13)16)14-11(15)8-3-2-4-9(12)6-8/h2-4,6-7H,5H2,1H3,(H2,13,16)(H,14,15). The molecule has 0 aliphatic heterocycles. The van der Waals surface area contributed by atoms with E-state index in [1.165, 1.54) is 0 Å². The molecule has 86 valence electrons. The Balaban J connectivity index is 2.62. The molecule has 3 N–H and O–H groups in total. The van der Waals surface area contributed by atoms with Crippen molar-refractivity contribution in [3.05, 3.63) is 34.9 Å². The molecule has 3 nitrogen and oxygen atoms in total. The molecule has 0 aromatic heterocycles. The number of carbonyl (C=O) groups excluding carboxylic acids is 1. The summed E-state index contributed by atoms with van der Waals surface area (Å²) < 4.78 is 0. The Bertz CT molecular complexity index is 409. The predicted molar refractivity (Wildman–Crippen MR) is 69.8 cm³/mol. The molecule has 1 unspecified atom stereocenters. The van der Waals surface area contributed by atoms with Crippen LogP contribution in [0.3, 0.4) is 0 Å². The van der Waals surface area contributed by atoms with Crippen molar-refractivity contribution >= 4 is 34.7 Å². The number of nitrogens with one attached hydrogen (secondary N) is 1. The van der Waals surface area contributed by atoms with Gasteiger partial charge in [-0.2, -0.15) is 0 Å². The molecule has 0 aliphatic rings. The van der Waals surface area contributed by atoms with Gasteiger partial charge in [-0.1, -0.05) is 29.9 Å². The minimum absolute atomic E-state index is 0.0796. The molecule has 0 bridgehead atoms. The molecule has 1 atom stereocenters. The van der Waals surface area contributed by atoms with E-state index in [1.807, 2.05) is 6.92 Å². The first-order valence-electron chi connectivity index (χ1n) is 4.84. The summed E-state index contributed by atoms with van der Waals surface area (Å²) in [6.07, 6.45) is 0.488. The molecule has 1 aromatic rings. The Kier molecular flexibility index (Phi) is 4.71. The van der Waals surface area contributed by atoms with Crippen LogP contribution in [0.2, 0.25) is 5.02 Å². The third-order valence-electron chi connectivity index (χ3n) is 1.97. The van der Waals surface area contributed by atoms with Crippen molar-refractivity contribution < 1.29 is 4.79 Å². The van der Waals surface area contributed by atoms with Crippen molar-refractivity contribution in [3.8, 4) is 0 Å². The highest BCUT2D eigenvalue weighted by molar-refractivity contribution is 7.80. The zero-order chi connectivity index (χ0) is 12.1. The summed E-state index contributed by atoms with van der Waals surface area (Å²) in [7, 11) is 0. The quantitative estimate of drug-likeness (QED) is 0.812. The number of halogens is 1. The summed E-state index contributed by atoms with van der Waals surface area (Å²) in [5.41, 5.74) is 5.92. The van der Waals surface area contributed by atoms with Gasteiger partial charge in [0.05, 0.1) is 4.99 Å². The highest BCUT2D eigenvalue weighted by Gasteiger charge is 2.10. The number of carbonyl (C=O) groups is 1. The maximum absolute atomic E-state index is 11.7. The molecule has 5 heteroatoms. The van der Waals surface area contributed by atoms with Gasteiger partial charge in [0.15, 0.2) is 0 Å². The number of rotatable bonds is 4. The van der Waals surface area contributed by atoms with E-state index in [9.17, 15) is 4.79 Å². The van der Waals surface area contributed by atoms with Crippen LogP contribution < -0.4 is 11.1 Å². The normalized spacial score (nSPS) is 11.9. The van der Waals surface area contributed by atoms with Crippen LogP contribution in [0.4, 0.5) is 0 Å². The van der Waals surface area contributed by atoms with E-state index in [4.69, 9.17) is 29.6 Å². The Morgan fingerprint density at radius 1 is 1.62 bits per heavy atom. The van der Waals surface area contributed by atoms with E-state index < -0.39 is 0 Å². The average Bonchev–Trinajstić information content (AvgIpc) is 2.16. The van der Waals surface area contributed by atoms with E-state index in [1.54, 1.807) is 24.3 Å². The smallest absolute Gasteiger partial charge is 0.251 e. The number of thiocarbonyl (C=S) groups is 1. The lowest BCUT2D eigenvalue weighted by molar-refractivity contribution is 0.0941. The summed E-state index contributed by atoms with van der Waals surface area (Å²) in [6.45, 7) is 1.85. The maximum atomic E-state index is 11.7. The largest absolute Gasteiger partial charge is 0.393 e. The van der Waals surface area contributed by atoms with Crippen LogP contribution in [-0.4, -0.2) is 16.9 Å². The van der Waals surface area contributed by atoms with Crippen molar-refractivity contribution in [3.63, 3.8) is 0 Å². The lowest BCUT2D eigenvalue weighted by Gasteiger charge is -2.12. The number of hydrogen-bond acceptors (Lipinski definition) is 2. The fourth-order valence-corrected chi connectivity index (χ4v) is 1.73. The molecule has 16 heavy (non-hydrogen) atoms. The zero-order valence-electron chi connectivity index (χ0n) is 8.87. The van der Waals surface area contributed by atoms with Crippen molar-refractivity contribution in [2.24, 2.45) is 5.73 Å².